The van der Waals surface area contributed by atoms with Gasteiger partial charge in [-0.05, 0) is 40.5 Å². The largest absolute Gasteiger partial charge is 0.372 e. The van der Waals surface area contributed by atoms with Gasteiger partial charge in [-0.2, -0.15) is 5.10 Å². The van der Waals surface area contributed by atoms with E-state index in [1.807, 2.05) is 66.7 Å². The molecule has 1 heterocycles. The Labute approximate surface area is 245 Å². The lowest BCUT2D eigenvalue weighted by molar-refractivity contribution is -0.136. The van der Waals surface area contributed by atoms with Gasteiger partial charge < -0.3 is 9.67 Å². The summed E-state index contributed by atoms with van der Waals surface area (Å²) in [4.78, 5) is 13.6. The van der Waals surface area contributed by atoms with Crippen LogP contribution in [0.3, 0.4) is 0 Å². The molecule has 6 rings (SSSR count). The average molecular weight is 548 g/mol. The molecule has 0 fully saturated rings. The van der Waals surface area contributed by atoms with Crippen LogP contribution in [0.1, 0.15) is 16.7 Å². The Bertz CT molecular complexity index is 1760. The van der Waals surface area contributed by atoms with Crippen LogP contribution >= 0.6 is 0 Å². The third kappa shape index (κ3) is 5.17. The van der Waals surface area contributed by atoms with Gasteiger partial charge in [-0.1, -0.05) is 140 Å². The normalized spacial score (nSPS) is 11.5. The zero-order valence-electron chi connectivity index (χ0n) is 22.8. The molecule has 1 amide bonds. The molecule has 42 heavy (non-hydrogen) atoms. The van der Waals surface area contributed by atoms with Crippen molar-refractivity contribution < 1.29 is 9.90 Å². The first kappa shape index (κ1) is 26.7. The smallest absolute Gasteiger partial charge is 0.281 e. The molecule has 0 bridgehead atoms. The van der Waals surface area contributed by atoms with Gasteiger partial charge in [-0.25, -0.2) is 5.43 Å². The molecule has 1 aromatic heterocycles. The Morgan fingerprint density at radius 1 is 0.643 bits per heavy atom. The summed E-state index contributed by atoms with van der Waals surface area (Å²) in [6.45, 7) is 0. The number of hydrogen-bond donors (Lipinski definition) is 2. The van der Waals surface area contributed by atoms with Crippen LogP contribution in [-0.4, -0.2) is 21.8 Å². The Balaban J connectivity index is 1.44. The Morgan fingerprint density at radius 3 is 1.62 bits per heavy atom. The van der Waals surface area contributed by atoms with Crippen LogP contribution in [0.25, 0.3) is 28.2 Å². The second-order valence-electron chi connectivity index (χ2n) is 9.88. The lowest BCUT2D eigenvalue weighted by Crippen LogP contribution is -2.43. The molecule has 0 aliphatic carbocycles. The number of nitrogens with zero attached hydrogens (tertiary/aromatic N) is 2. The number of hydrogen-bond acceptors (Lipinski definition) is 3. The van der Waals surface area contributed by atoms with Crippen molar-refractivity contribution in [3.63, 3.8) is 0 Å². The van der Waals surface area contributed by atoms with Gasteiger partial charge in [-0.15, -0.1) is 0 Å². The molecular formula is C37H29N3O2. The number of nitrogens with one attached hydrogen (secondary N) is 1. The van der Waals surface area contributed by atoms with Crippen LogP contribution in [0.15, 0.2) is 163 Å². The number of benzene rings is 5. The second-order valence-corrected chi connectivity index (χ2v) is 9.88. The average Bonchev–Trinajstić information content (AvgIpc) is 3.45. The number of hydrazone groups is 1. The van der Waals surface area contributed by atoms with Crippen molar-refractivity contribution in [1.29, 1.82) is 0 Å². The molecule has 0 spiro atoms. The SMILES string of the molecule is O=C(N/N=C/c1cc(-c2ccccc2)n(-c2ccccc2)c1-c1ccccc1)C(O)(c1ccccc1)c1ccccc1. The maximum Gasteiger partial charge on any atom is 0.281 e. The monoisotopic (exact) mass is 547 g/mol. The summed E-state index contributed by atoms with van der Waals surface area (Å²) in [5.41, 5.74) is 7.39. The van der Waals surface area contributed by atoms with E-state index in [9.17, 15) is 9.90 Å². The van der Waals surface area contributed by atoms with E-state index in [0.717, 1.165) is 33.8 Å². The first-order valence-electron chi connectivity index (χ1n) is 13.7. The highest BCUT2D eigenvalue weighted by atomic mass is 16.3. The van der Waals surface area contributed by atoms with Crippen LogP contribution < -0.4 is 5.43 Å². The van der Waals surface area contributed by atoms with Crippen molar-refractivity contribution >= 4 is 12.1 Å². The first-order chi connectivity index (χ1) is 20.7. The van der Waals surface area contributed by atoms with Gasteiger partial charge in [0, 0.05) is 11.3 Å². The van der Waals surface area contributed by atoms with Crippen molar-refractivity contribution in [2.45, 2.75) is 5.60 Å². The van der Waals surface area contributed by atoms with Gasteiger partial charge in [0.25, 0.3) is 5.91 Å². The highest BCUT2D eigenvalue weighted by Gasteiger charge is 2.39. The summed E-state index contributed by atoms with van der Waals surface area (Å²) in [6, 6.07) is 50.3. The molecule has 0 aliphatic heterocycles. The van der Waals surface area contributed by atoms with Crippen LogP contribution in [0.5, 0.6) is 0 Å². The fourth-order valence-electron chi connectivity index (χ4n) is 5.22. The first-order valence-corrected chi connectivity index (χ1v) is 13.7. The predicted octanol–water partition coefficient (Wildman–Crippen LogP) is 7.20. The predicted molar refractivity (Wildman–Crippen MR) is 168 cm³/mol. The van der Waals surface area contributed by atoms with Crippen molar-refractivity contribution in [2.24, 2.45) is 5.10 Å². The van der Waals surface area contributed by atoms with E-state index < -0.39 is 11.5 Å². The second kappa shape index (κ2) is 11.9. The van der Waals surface area contributed by atoms with Crippen molar-refractivity contribution in [3.05, 3.63) is 174 Å². The molecule has 0 saturated heterocycles. The van der Waals surface area contributed by atoms with Crippen molar-refractivity contribution in [1.82, 2.24) is 9.99 Å². The molecule has 6 aromatic rings. The molecule has 2 N–H and O–H groups in total. The fraction of sp³-hybridized carbons (Fsp3) is 0.0270. The quantitative estimate of drug-likeness (QED) is 0.156. The molecule has 0 saturated carbocycles. The molecular weight excluding hydrogens is 518 g/mol. The number of carbonyl (C=O) groups is 1. The van der Waals surface area contributed by atoms with Crippen LogP contribution in [0.2, 0.25) is 0 Å². The summed E-state index contributed by atoms with van der Waals surface area (Å²) in [5.74, 6) is -0.650. The zero-order valence-corrected chi connectivity index (χ0v) is 22.8. The number of aliphatic hydroxyl groups is 1. The molecule has 5 heteroatoms. The lowest BCUT2D eigenvalue weighted by Gasteiger charge is -2.27. The Morgan fingerprint density at radius 2 is 1.10 bits per heavy atom. The highest BCUT2D eigenvalue weighted by molar-refractivity contribution is 5.95. The van der Waals surface area contributed by atoms with E-state index in [4.69, 9.17) is 0 Å². The number of carbonyl (C=O) groups excluding carboxylic acids is 1. The minimum absolute atomic E-state index is 0.454. The van der Waals surface area contributed by atoms with Gasteiger partial charge >= 0.3 is 0 Å². The number of rotatable bonds is 8. The summed E-state index contributed by atoms with van der Waals surface area (Å²) in [6.07, 6.45) is 1.64. The van der Waals surface area contributed by atoms with Crippen LogP contribution in [0.4, 0.5) is 0 Å². The molecule has 0 radical (unpaired) electrons. The standard InChI is InChI=1S/C37H29N3O2/c41-36(37(42,31-20-10-3-11-21-31)32-22-12-4-13-23-32)39-38-27-30-26-34(28-16-6-1-7-17-28)40(33-24-14-5-15-25-33)35(30)29-18-8-2-9-19-29/h1-27,42H,(H,39,41)/b38-27+. The van der Waals surface area contributed by atoms with E-state index in [2.05, 4.69) is 57.6 Å². The van der Waals surface area contributed by atoms with Crippen molar-refractivity contribution in [2.75, 3.05) is 0 Å². The maximum atomic E-state index is 13.6. The van der Waals surface area contributed by atoms with E-state index >= 15 is 0 Å². The molecule has 5 nitrogen and oxygen atoms in total. The number of aromatic nitrogens is 1. The van der Waals surface area contributed by atoms with Gasteiger partial charge in [0.05, 0.1) is 17.6 Å². The Kier molecular flexibility index (Phi) is 7.58. The summed E-state index contributed by atoms with van der Waals surface area (Å²) in [7, 11) is 0. The maximum absolute atomic E-state index is 13.6. The summed E-state index contributed by atoms with van der Waals surface area (Å²) < 4.78 is 2.21. The topological polar surface area (TPSA) is 66.6 Å². The van der Waals surface area contributed by atoms with Crippen LogP contribution in [-0.2, 0) is 10.4 Å². The zero-order chi connectivity index (χ0) is 28.8. The highest BCUT2D eigenvalue weighted by Crippen LogP contribution is 2.35. The molecule has 5 aromatic carbocycles. The van der Waals surface area contributed by atoms with Gasteiger partial charge in [0.1, 0.15) is 0 Å². The number of para-hydroxylation sites is 1. The molecule has 0 aliphatic rings. The van der Waals surface area contributed by atoms with E-state index in [1.54, 1.807) is 54.7 Å². The van der Waals surface area contributed by atoms with Crippen LogP contribution in [0, 0.1) is 0 Å². The third-order valence-electron chi connectivity index (χ3n) is 7.24. The number of amides is 1. The third-order valence-corrected chi connectivity index (χ3v) is 7.24. The molecule has 0 atom stereocenters. The van der Waals surface area contributed by atoms with Gasteiger partial charge in [-0.3, -0.25) is 4.79 Å². The van der Waals surface area contributed by atoms with E-state index in [0.29, 0.717) is 11.1 Å². The fourth-order valence-corrected chi connectivity index (χ4v) is 5.22. The van der Waals surface area contributed by atoms with Crippen molar-refractivity contribution in [3.8, 4) is 28.2 Å². The summed E-state index contributed by atoms with van der Waals surface area (Å²) >= 11 is 0. The van der Waals surface area contributed by atoms with E-state index in [1.165, 1.54) is 0 Å². The Hall–Kier alpha value is -5.52. The van der Waals surface area contributed by atoms with Gasteiger partial charge in [0.15, 0.2) is 5.60 Å². The van der Waals surface area contributed by atoms with Gasteiger partial charge in [0.2, 0.25) is 0 Å². The lowest BCUT2D eigenvalue weighted by atomic mass is 9.85. The van der Waals surface area contributed by atoms with E-state index in [-0.39, 0.29) is 0 Å². The molecule has 0 unspecified atom stereocenters. The summed E-state index contributed by atoms with van der Waals surface area (Å²) in [5, 5.41) is 16.2. The minimum Gasteiger partial charge on any atom is -0.372 e. The minimum atomic E-state index is -1.92. The molecule has 204 valence electrons.